The van der Waals surface area contributed by atoms with Gasteiger partial charge in [0.25, 0.3) is 0 Å². The van der Waals surface area contributed by atoms with E-state index in [1.807, 2.05) is 0 Å². The number of carbonyl (C=O) groups excluding carboxylic acids is 1. The molecule has 0 unspecified atom stereocenters. The molecule has 0 saturated carbocycles. The maximum Gasteiger partial charge on any atom is 0.306 e. The molecule has 0 atom stereocenters. The Balaban J connectivity index is 1.93. The summed E-state index contributed by atoms with van der Waals surface area (Å²) in [6.07, 6.45) is 1.92. The molecule has 0 fully saturated rings. The Morgan fingerprint density at radius 1 is 1.43 bits per heavy atom. The zero-order chi connectivity index (χ0) is 15.2. The first-order valence-electron chi connectivity index (χ1n) is 6.56. The molecule has 0 aliphatic carbocycles. The van der Waals surface area contributed by atoms with Gasteiger partial charge in [-0.15, -0.1) is 0 Å². The monoisotopic (exact) mass is 289 g/mol. The van der Waals surface area contributed by atoms with Gasteiger partial charge in [-0.05, 0) is 24.6 Å². The van der Waals surface area contributed by atoms with Gasteiger partial charge in [0.1, 0.15) is 12.4 Å². The summed E-state index contributed by atoms with van der Waals surface area (Å²) in [7, 11) is 0. The largest absolute Gasteiger partial charge is 0.461 e. The Kier molecular flexibility index (Phi) is 4.87. The van der Waals surface area contributed by atoms with Crippen molar-refractivity contribution in [1.29, 1.82) is 0 Å². The van der Waals surface area contributed by atoms with Gasteiger partial charge in [0.05, 0.1) is 18.2 Å². The Labute approximate surface area is 122 Å². The van der Waals surface area contributed by atoms with E-state index >= 15 is 0 Å². The number of rotatable bonds is 6. The molecule has 0 saturated heterocycles. The van der Waals surface area contributed by atoms with Gasteiger partial charge >= 0.3 is 5.97 Å². The van der Waals surface area contributed by atoms with Gasteiger partial charge in [0.2, 0.25) is 0 Å². The fraction of sp³-hybridized carbons (Fsp3) is 0.250. The molecular weight excluding hydrogens is 273 g/mol. The highest BCUT2D eigenvalue weighted by Crippen LogP contribution is 2.23. The second kappa shape index (κ2) is 6.83. The fourth-order valence-electron chi connectivity index (χ4n) is 1.70. The highest BCUT2D eigenvalue weighted by Gasteiger charge is 2.12. The lowest BCUT2D eigenvalue weighted by Crippen LogP contribution is -2.07. The summed E-state index contributed by atoms with van der Waals surface area (Å²) in [4.78, 5) is 15.5. The minimum absolute atomic E-state index is 0.157. The van der Waals surface area contributed by atoms with E-state index in [0.29, 0.717) is 23.6 Å². The topological polar surface area (TPSA) is 52.3 Å². The molecule has 4 nitrogen and oxygen atoms in total. The maximum absolute atomic E-state index is 13.6. The molecule has 1 heterocycles. The third-order valence-corrected chi connectivity index (χ3v) is 2.72. The van der Waals surface area contributed by atoms with Crippen molar-refractivity contribution in [3.63, 3.8) is 0 Å². The average molecular weight is 289 g/mol. The van der Waals surface area contributed by atoms with Crippen LogP contribution in [0.2, 0.25) is 0 Å². The number of esters is 1. The van der Waals surface area contributed by atoms with Crippen LogP contribution in [0.4, 0.5) is 4.39 Å². The van der Waals surface area contributed by atoms with Gasteiger partial charge < -0.3 is 9.15 Å². The second-order valence-corrected chi connectivity index (χ2v) is 4.72. The average Bonchev–Trinajstić information content (AvgIpc) is 2.92. The maximum atomic E-state index is 13.6. The predicted octanol–water partition coefficient (Wildman–Crippen LogP) is 3.53. The number of hydrogen-bond acceptors (Lipinski definition) is 4. The van der Waals surface area contributed by atoms with Gasteiger partial charge in [-0.2, -0.15) is 0 Å². The molecule has 0 radical (unpaired) electrons. The molecule has 0 bridgehead atoms. The molecule has 2 aromatic rings. The second-order valence-electron chi connectivity index (χ2n) is 4.72. The molecule has 0 amide bonds. The molecule has 110 valence electrons. The van der Waals surface area contributed by atoms with Gasteiger partial charge in [-0.3, -0.25) is 4.79 Å². The zero-order valence-electron chi connectivity index (χ0n) is 11.8. The lowest BCUT2D eigenvalue weighted by atomic mass is 10.2. The van der Waals surface area contributed by atoms with Crippen LogP contribution in [0.1, 0.15) is 19.2 Å². The highest BCUT2D eigenvalue weighted by atomic mass is 19.1. The van der Waals surface area contributed by atoms with Crippen molar-refractivity contribution < 1.29 is 18.3 Å². The minimum atomic E-state index is -0.374. The van der Waals surface area contributed by atoms with Crippen molar-refractivity contribution in [1.82, 2.24) is 4.98 Å². The third kappa shape index (κ3) is 4.27. The number of aromatic nitrogens is 1. The molecule has 1 aromatic heterocycles. The summed E-state index contributed by atoms with van der Waals surface area (Å²) < 4.78 is 24.0. The van der Waals surface area contributed by atoms with Crippen molar-refractivity contribution in [2.24, 2.45) is 0 Å². The van der Waals surface area contributed by atoms with Crippen molar-refractivity contribution in [2.45, 2.75) is 19.8 Å². The van der Waals surface area contributed by atoms with E-state index in [4.69, 9.17) is 9.15 Å². The number of nitrogens with zero attached hydrogens (tertiary/aromatic N) is 1. The summed E-state index contributed by atoms with van der Waals surface area (Å²) in [6, 6.07) is 6.29. The molecule has 0 N–H and O–H groups in total. The van der Waals surface area contributed by atoms with Crippen molar-refractivity contribution in [2.75, 3.05) is 6.61 Å². The van der Waals surface area contributed by atoms with E-state index in [0.717, 1.165) is 5.57 Å². The van der Waals surface area contributed by atoms with Crippen LogP contribution >= 0.6 is 0 Å². The quantitative estimate of drug-likeness (QED) is 0.603. The van der Waals surface area contributed by atoms with Crippen LogP contribution in [-0.4, -0.2) is 17.6 Å². The van der Waals surface area contributed by atoms with Gasteiger partial charge in [-0.1, -0.05) is 18.7 Å². The number of carbonyl (C=O) groups is 1. The summed E-state index contributed by atoms with van der Waals surface area (Å²) in [5.74, 6) is 0.00337. The molecule has 0 aliphatic rings. The van der Waals surface area contributed by atoms with E-state index < -0.39 is 0 Å². The Morgan fingerprint density at radius 2 is 2.19 bits per heavy atom. The number of oxazole rings is 1. The number of hydrogen-bond donors (Lipinski definition) is 0. The standard InChI is InChI=1S/C16H16FNO3/c1-11(2)10-20-16(19)8-7-15-18-9-14(21-15)12-5-3-4-6-13(12)17/h3-6,9H,1,7-8,10H2,2H3. The Morgan fingerprint density at radius 3 is 2.90 bits per heavy atom. The van der Waals surface area contributed by atoms with Gasteiger partial charge in [0.15, 0.2) is 11.7 Å². The summed E-state index contributed by atoms with van der Waals surface area (Å²) in [5, 5.41) is 0. The fourth-order valence-corrected chi connectivity index (χ4v) is 1.70. The van der Waals surface area contributed by atoms with E-state index in [1.165, 1.54) is 12.3 Å². The first-order valence-corrected chi connectivity index (χ1v) is 6.56. The third-order valence-electron chi connectivity index (χ3n) is 2.72. The van der Waals surface area contributed by atoms with Crippen LogP contribution in [0.15, 0.2) is 47.0 Å². The Bertz CT molecular complexity index is 648. The van der Waals surface area contributed by atoms with Crippen LogP contribution in [0.3, 0.4) is 0 Å². The molecule has 0 spiro atoms. The summed E-state index contributed by atoms with van der Waals surface area (Å²) >= 11 is 0. The summed E-state index contributed by atoms with van der Waals surface area (Å²) in [6.45, 7) is 5.64. The molecule has 5 heteroatoms. The van der Waals surface area contributed by atoms with Gasteiger partial charge in [-0.25, -0.2) is 9.37 Å². The van der Waals surface area contributed by atoms with E-state index in [9.17, 15) is 9.18 Å². The van der Waals surface area contributed by atoms with Crippen molar-refractivity contribution in [3.8, 4) is 11.3 Å². The summed E-state index contributed by atoms with van der Waals surface area (Å²) in [5.41, 5.74) is 1.13. The molecule has 1 aromatic carbocycles. The smallest absolute Gasteiger partial charge is 0.306 e. The molecule has 21 heavy (non-hydrogen) atoms. The van der Waals surface area contributed by atoms with Crippen molar-refractivity contribution >= 4 is 5.97 Å². The number of aryl methyl sites for hydroxylation is 1. The van der Waals surface area contributed by atoms with Crippen LogP contribution < -0.4 is 0 Å². The zero-order valence-corrected chi connectivity index (χ0v) is 11.8. The SMILES string of the molecule is C=C(C)COC(=O)CCc1ncc(-c2ccccc2F)o1. The lowest BCUT2D eigenvalue weighted by molar-refractivity contribution is -0.142. The minimum Gasteiger partial charge on any atom is -0.461 e. The number of halogens is 1. The van der Waals surface area contributed by atoms with E-state index in [2.05, 4.69) is 11.6 Å². The molecular formula is C16H16FNO3. The van der Waals surface area contributed by atoms with Gasteiger partial charge in [0, 0.05) is 6.42 Å². The number of ether oxygens (including phenoxy) is 1. The normalized spacial score (nSPS) is 10.4. The van der Waals surface area contributed by atoms with Crippen LogP contribution in [0.25, 0.3) is 11.3 Å². The lowest BCUT2D eigenvalue weighted by Gasteiger charge is -2.02. The van der Waals surface area contributed by atoms with Crippen molar-refractivity contribution in [3.05, 3.63) is 54.3 Å². The molecule has 2 rings (SSSR count). The van der Waals surface area contributed by atoms with E-state index in [1.54, 1.807) is 25.1 Å². The van der Waals surface area contributed by atoms with Crippen LogP contribution in [0, 0.1) is 5.82 Å². The first kappa shape index (κ1) is 15.0. The highest BCUT2D eigenvalue weighted by molar-refractivity contribution is 5.69. The van der Waals surface area contributed by atoms with Crippen LogP contribution in [-0.2, 0) is 16.0 Å². The predicted molar refractivity (Wildman–Crippen MR) is 76.0 cm³/mol. The molecule has 0 aliphatic heterocycles. The number of benzene rings is 1. The Hall–Kier alpha value is -2.43. The van der Waals surface area contributed by atoms with E-state index in [-0.39, 0.29) is 24.8 Å². The van der Waals surface area contributed by atoms with Crippen LogP contribution in [0.5, 0.6) is 0 Å². The first-order chi connectivity index (χ1) is 10.1.